The van der Waals surface area contributed by atoms with Gasteiger partial charge in [-0.3, -0.25) is 0 Å². The molecule has 0 heterocycles. The lowest BCUT2D eigenvalue weighted by atomic mass is 10.0. The van der Waals surface area contributed by atoms with Crippen molar-refractivity contribution in [3.05, 3.63) is 59.2 Å². The third-order valence-corrected chi connectivity index (χ3v) is 2.45. The van der Waals surface area contributed by atoms with Gasteiger partial charge in [-0.1, -0.05) is 12.1 Å². The van der Waals surface area contributed by atoms with E-state index in [9.17, 15) is 8.78 Å². The van der Waals surface area contributed by atoms with Crippen LogP contribution in [0.3, 0.4) is 0 Å². The monoisotopic (exact) mass is 240 g/mol. The van der Waals surface area contributed by atoms with E-state index in [2.05, 4.69) is 0 Å². The zero-order valence-corrected chi connectivity index (χ0v) is 9.11. The lowest BCUT2D eigenvalue weighted by Gasteiger charge is -2.06. The minimum Gasteiger partial charge on any atom is -0.206 e. The molecule has 2 nitrogen and oxygen atoms in total. The van der Waals surface area contributed by atoms with Gasteiger partial charge >= 0.3 is 0 Å². The standard InChI is InChI=1S/C14H6F2N2/c15-12-5-10(8-18)6-13(16)14(12)11-3-1-2-9(4-11)7-17/h1-6H. The molecule has 2 aromatic rings. The average Bonchev–Trinajstić information content (AvgIpc) is 2.38. The molecule has 0 radical (unpaired) electrons. The minimum absolute atomic E-state index is 0.0785. The summed E-state index contributed by atoms with van der Waals surface area (Å²) in [5.41, 5.74) is 0.278. The van der Waals surface area contributed by atoms with Gasteiger partial charge in [-0.15, -0.1) is 0 Å². The van der Waals surface area contributed by atoms with E-state index in [0.29, 0.717) is 5.56 Å². The normalized spacial score (nSPS) is 9.56. The Hall–Kier alpha value is -2.72. The van der Waals surface area contributed by atoms with E-state index in [1.807, 2.05) is 6.07 Å². The first-order valence-electron chi connectivity index (χ1n) is 5.05. The molecule has 0 atom stereocenters. The SMILES string of the molecule is N#Cc1cccc(-c2c(F)cc(C#N)cc2F)c1. The Morgan fingerprint density at radius 1 is 0.833 bits per heavy atom. The van der Waals surface area contributed by atoms with Crippen LogP contribution in [0.1, 0.15) is 11.1 Å². The van der Waals surface area contributed by atoms with Crippen molar-refractivity contribution < 1.29 is 8.78 Å². The summed E-state index contributed by atoms with van der Waals surface area (Å²) in [6.45, 7) is 0. The first kappa shape index (κ1) is 11.8. The van der Waals surface area contributed by atoms with E-state index in [4.69, 9.17) is 10.5 Å². The predicted molar refractivity (Wildman–Crippen MR) is 61.2 cm³/mol. The van der Waals surface area contributed by atoms with Crippen LogP contribution in [0, 0.1) is 34.3 Å². The van der Waals surface area contributed by atoms with Gasteiger partial charge in [0.05, 0.1) is 28.8 Å². The van der Waals surface area contributed by atoms with Crippen LogP contribution in [0.15, 0.2) is 36.4 Å². The molecule has 0 aromatic heterocycles. The van der Waals surface area contributed by atoms with E-state index in [1.165, 1.54) is 12.1 Å². The Bertz CT molecular complexity index is 671. The number of hydrogen-bond donors (Lipinski definition) is 0. The summed E-state index contributed by atoms with van der Waals surface area (Å²) in [5, 5.41) is 17.4. The van der Waals surface area contributed by atoms with Gasteiger partial charge in [-0.25, -0.2) is 8.78 Å². The van der Waals surface area contributed by atoms with Gasteiger partial charge in [-0.2, -0.15) is 10.5 Å². The molecule has 0 aliphatic carbocycles. The first-order valence-corrected chi connectivity index (χ1v) is 5.05. The molecule has 86 valence electrons. The zero-order valence-electron chi connectivity index (χ0n) is 9.11. The Balaban J connectivity index is 2.65. The molecular formula is C14H6F2N2. The molecule has 0 aliphatic rings. The highest BCUT2D eigenvalue weighted by Gasteiger charge is 2.13. The van der Waals surface area contributed by atoms with Gasteiger partial charge in [0.2, 0.25) is 0 Å². The van der Waals surface area contributed by atoms with Crippen LogP contribution in [0.4, 0.5) is 8.78 Å². The fourth-order valence-electron chi connectivity index (χ4n) is 1.66. The van der Waals surface area contributed by atoms with E-state index < -0.39 is 11.6 Å². The molecule has 0 spiro atoms. The summed E-state index contributed by atoms with van der Waals surface area (Å²) in [6.07, 6.45) is 0. The topological polar surface area (TPSA) is 47.6 Å². The second-order valence-electron chi connectivity index (χ2n) is 3.62. The van der Waals surface area contributed by atoms with Crippen molar-refractivity contribution in [2.45, 2.75) is 0 Å². The van der Waals surface area contributed by atoms with Crippen LogP contribution in [0.5, 0.6) is 0 Å². The van der Waals surface area contributed by atoms with Crippen molar-refractivity contribution in [2.75, 3.05) is 0 Å². The quantitative estimate of drug-likeness (QED) is 0.767. The number of benzene rings is 2. The number of hydrogen-bond acceptors (Lipinski definition) is 2. The molecule has 0 saturated heterocycles. The fraction of sp³-hybridized carbons (Fsp3) is 0. The highest BCUT2D eigenvalue weighted by molar-refractivity contribution is 5.67. The number of nitrogens with zero attached hydrogens (tertiary/aromatic N) is 2. The minimum atomic E-state index is -0.818. The predicted octanol–water partition coefficient (Wildman–Crippen LogP) is 3.38. The van der Waals surface area contributed by atoms with Gasteiger partial charge in [0.1, 0.15) is 11.6 Å². The molecule has 2 aromatic carbocycles. The van der Waals surface area contributed by atoms with Crippen LogP contribution in [-0.4, -0.2) is 0 Å². The summed E-state index contributed by atoms with van der Waals surface area (Å²) in [7, 11) is 0. The van der Waals surface area contributed by atoms with E-state index in [0.717, 1.165) is 12.1 Å². The molecule has 0 saturated carbocycles. The molecule has 18 heavy (non-hydrogen) atoms. The van der Waals surface area contributed by atoms with Crippen LogP contribution < -0.4 is 0 Å². The van der Waals surface area contributed by atoms with Crippen molar-refractivity contribution in [1.82, 2.24) is 0 Å². The lowest BCUT2D eigenvalue weighted by molar-refractivity contribution is 0.589. The molecule has 0 unspecified atom stereocenters. The van der Waals surface area contributed by atoms with Crippen molar-refractivity contribution >= 4 is 0 Å². The van der Waals surface area contributed by atoms with E-state index >= 15 is 0 Å². The summed E-state index contributed by atoms with van der Waals surface area (Å²) in [5.74, 6) is -1.64. The van der Waals surface area contributed by atoms with Gasteiger partial charge in [0, 0.05) is 0 Å². The Morgan fingerprint density at radius 2 is 1.44 bits per heavy atom. The zero-order chi connectivity index (χ0) is 13.1. The maximum Gasteiger partial charge on any atom is 0.135 e. The first-order chi connectivity index (χ1) is 8.65. The van der Waals surface area contributed by atoms with Gasteiger partial charge < -0.3 is 0 Å². The van der Waals surface area contributed by atoms with E-state index in [1.54, 1.807) is 18.2 Å². The van der Waals surface area contributed by atoms with Crippen molar-refractivity contribution in [1.29, 1.82) is 10.5 Å². The number of rotatable bonds is 1. The molecule has 0 bridgehead atoms. The van der Waals surface area contributed by atoms with Gasteiger partial charge in [-0.05, 0) is 29.8 Å². The van der Waals surface area contributed by atoms with Gasteiger partial charge in [0.15, 0.2) is 0 Å². The highest BCUT2D eigenvalue weighted by atomic mass is 19.1. The largest absolute Gasteiger partial charge is 0.206 e. The molecular weight excluding hydrogens is 234 g/mol. The summed E-state index contributed by atoms with van der Waals surface area (Å²) >= 11 is 0. The third kappa shape index (κ3) is 2.05. The van der Waals surface area contributed by atoms with E-state index in [-0.39, 0.29) is 16.7 Å². The maximum atomic E-state index is 13.7. The van der Waals surface area contributed by atoms with Crippen LogP contribution in [0.2, 0.25) is 0 Å². The molecule has 0 fully saturated rings. The highest BCUT2D eigenvalue weighted by Crippen LogP contribution is 2.27. The fourth-order valence-corrected chi connectivity index (χ4v) is 1.66. The van der Waals surface area contributed by atoms with Crippen molar-refractivity contribution in [2.24, 2.45) is 0 Å². The molecule has 4 heteroatoms. The summed E-state index contributed by atoms with van der Waals surface area (Å²) in [6, 6.07) is 11.5. The van der Waals surface area contributed by atoms with Crippen LogP contribution >= 0.6 is 0 Å². The van der Waals surface area contributed by atoms with Gasteiger partial charge in [0.25, 0.3) is 0 Å². The van der Waals surface area contributed by atoms with Crippen LogP contribution in [0.25, 0.3) is 11.1 Å². The Kier molecular flexibility index (Phi) is 3.03. The van der Waals surface area contributed by atoms with Crippen molar-refractivity contribution in [3.8, 4) is 23.3 Å². The lowest BCUT2D eigenvalue weighted by Crippen LogP contribution is -1.92. The van der Waals surface area contributed by atoms with Crippen molar-refractivity contribution in [3.63, 3.8) is 0 Å². The smallest absolute Gasteiger partial charge is 0.135 e. The Morgan fingerprint density at radius 3 is 2.00 bits per heavy atom. The molecule has 0 N–H and O–H groups in total. The van der Waals surface area contributed by atoms with Crippen LogP contribution in [-0.2, 0) is 0 Å². The second kappa shape index (κ2) is 4.65. The average molecular weight is 240 g/mol. The summed E-state index contributed by atoms with van der Waals surface area (Å²) in [4.78, 5) is 0. The Labute approximate surface area is 102 Å². The molecule has 2 rings (SSSR count). The third-order valence-electron chi connectivity index (χ3n) is 2.45. The molecule has 0 aliphatic heterocycles. The number of nitriles is 2. The maximum absolute atomic E-state index is 13.7. The molecule has 0 amide bonds. The summed E-state index contributed by atoms with van der Waals surface area (Å²) < 4.78 is 27.5. The number of halogens is 2. The second-order valence-corrected chi connectivity index (χ2v) is 3.62.